The van der Waals surface area contributed by atoms with E-state index < -0.39 is 5.82 Å². The minimum Gasteiger partial charge on any atom is -0.488 e. The van der Waals surface area contributed by atoms with E-state index in [0.717, 1.165) is 32.4 Å². The molecule has 0 spiro atoms. The number of hydrogen-bond acceptors (Lipinski definition) is 4. The van der Waals surface area contributed by atoms with E-state index in [2.05, 4.69) is 10.6 Å². The Morgan fingerprint density at radius 3 is 2.75 bits per heavy atom. The maximum absolute atomic E-state index is 13.9. The molecule has 1 aromatic carbocycles. The van der Waals surface area contributed by atoms with Gasteiger partial charge in [-0.05, 0) is 50.4 Å². The van der Waals surface area contributed by atoms with Crippen LogP contribution in [0.5, 0.6) is 5.75 Å². The smallest absolute Gasteiger partial charge is 0.224 e. The van der Waals surface area contributed by atoms with E-state index in [9.17, 15) is 9.18 Å². The summed E-state index contributed by atoms with van der Waals surface area (Å²) in [4.78, 5) is 12.0. The quantitative estimate of drug-likeness (QED) is 0.700. The van der Waals surface area contributed by atoms with Gasteiger partial charge in [0.2, 0.25) is 5.91 Å². The van der Waals surface area contributed by atoms with Crippen LogP contribution in [0, 0.1) is 11.7 Å². The summed E-state index contributed by atoms with van der Waals surface area (Å²) in [6, 6.07) is 4.45. The summed E-state index contributed by atoms with van der Waals surface area (Å²) in [5.74, 6) is 0.207. The summed E-state index contributed by atoms with van der Waals surface area (Å²) in [7, 11) is 1.56. The average molecular weight is 361 g/mol. The molecule has 1 aliphatic rings. The van der Waals surface area contributed by atoms with E-state index in [0.29, 0.717) is 24.6 Å². The Labute approximate surface area is 148 Å². The summed E-state index contributed by atoms with van der Waals surface area (Å²) in [5.41, 5.74) is 0.455. The van der Waals surface area contributed by atoms with Crippen molar-refractivity contribution in [2.24, 2.45) is 5.92 Å². The van der Waals surface area contributed by atoms with Crippen LogP contribution in [0.25, 0.3) is 0 Å². The van der Waals surface area contributed by atoms with Crippen molar-refractivity contribution in [3.63, 3.8) is 0 Å². The van der Waals surface area contributed by atoms with E-state index >= 15 is 0 Å². The summed E-state index contributed by atoms with van der Waals surface area (Å²) in [6.45, 7) is 2.74. The van der Waals surface area contributed by atoms with Gasteiger partial charge >= 0.3 is 0 Å². The molecule has 136 valence electrons. The molecule has 2 rings (SSSR count). The van der Waals surface area contributed by atoms with Crippen molar-refractivity contribution >= 4 is 24.0 Å². The van der Waals surface area contributed by atoms with E-state index in [-0.39, 0.29) is 30.7 Å². The van der Waals surface area contributed by atoms with Crippen molar-refractivity contribution in [2.75, 3.05) is 38.7 Å². The van der Waals surface area contributed by atoms with Crippen LogP contribution < -0.4 is 15.4 Å². The second-order valence-electron chi connectivity index (χ2n) is 5.77. The average Bonchev–Trinajstić information content (AvgIpc) is 2.56. The van der Waals surface area contributed by atoms with Crippen LogP contribution in [0.2, 0.25) is 0 Å². The molecule has 1 heterocycles. The molecule has 0 atom stereocenters. The second kappa shape index (κ2) is 11.2. The lowest BCUT2D eigenvalue weighted by Crippen LogP contribution is -2.28. The molecule has 0 bridgehead atoms. The highest BCUT2D eigenvalue weighted by Crippen LogP contribution is 2.22. The predicted molar refractivity (Wildman–Crippen MR) is 94.5 cm³/mol. The van der Waals surface area contributed by atoms with Crippen molar-refractivity contribution in [1.29, 1.82) is 0 Å². The normalized spacial score (nSPS) is 14.8. The Morgan fingerprint density at radius 1 is 1.33 bits per heavy atom. The van der Waals surface area contributed by atoms with Gasteiger partial charge in [-0.15, -0.1) is 12.4 Å². The van der Waals surface area contributed by atoms with Gasteiger partial charge < -0.3 is 20.1 Å². The van der Waals surface area contributed by atoms with Crippen molar-refractivity contribution in [3.05, 3.63) is 24.0 Å². The van der Waals surface area contributed by atoms with Crippen molar-refractivity contribution < 1.29 is 18.7 Å². The number of methoxy groups -OCH3 is 1. The fourth-order valence-corrected chi connectivity index (χ4v) is 2.66. The third-order valence-electron chi connectivity index (χ3n) is 4.00. The molecule has 0 radical (unpaired) electrons. The number of carbonyl (C=O) groups excluding carboxylic acids is 1. The van der Waals surface area contributed by atoms with Gasteiger partial charge in [0, 0.05) is 25.3 Å². The Kier molecular flexibility index (Phi) is 9.67. The van der Waals surface area contributed by atoms with Gasteiger partial charge in [0.25, 0.3) is 0 Å². The number of rotatable bonds is 8. The number of piperidine rings is 1. The SMILES string of the molecule is COCCOc1ccc(NC(=O)CCC2CCNCC2)cc1F.Cl. The van der Waals surface area contributed by atoms with Crippen molar-refractivity contribution in [2.45, 2.75) is 25.7 Å². The highest BCUT2D eigenvalue weighted by Gasteiger charge is 2.15. The zero-order valence-electron chi connectivity index (χ0n) is 14.0. The highest BCUT2D eigenvalue weighted by molar-refractivity contribution is 5.90. The Morgan fingerprint density at radius 2 is 2.08 bits per heavy atom. The summed E-state index contributed by atoms with van der Waals surface area (Å²) in [5, 5.41) is 6.05. The van der Waals surface area contributed by atoms with Crippen LogP contribution in [0.1, 0.15) is 25.7 Å². The number of ether oxygens (including phenoxy) is 2. The van der Waals surface area contributed by atoms with Gasteiger partial charge in [-0.2, -0.15) is 0 Å². The zero-order valence-corrected chi connectivity index (χ0v) is 14.8. The number of carbonyl (C=O) groups is 1. The van der Waals surface area contributed by atoms with Gasteiger partial charge in [0.05, 0.1) is 6.61 Å². The zero-order chi connectivity index (χ0) is 16.5. The molecule has 24 heavy (non-hydrogen) atoms. The molecule has 1 aliphatic heterocycles. The van der Waals surface area contributed by atoms with E-state index in [1.807, 2.05) is 0 Å². The van der Waals surface area contributed by atoms with Gasteiger partial charge in [-0.25, -0.2) is 4.39 Å². The standard InChI is InChI=1S/C17H25FN2O3.ClH/c1-22-10-11-23-16-4-3-14(12-15(16)18)20-17(21)5-2-13-6-8-19-9-7-13;/h3-4,12-13,19H,2,5-11H2,1H3,(H,20,21);1H. The number of nitrogens with one attached hydrogen (secondary N) is 2. The van der Waals surface area contributed by atoms with E-state index in [1.165, 1.54) is 12.1 Å². The molecular weight excluding hydrogens is 335 g/mol. The molecule has 0 saturated carbocycles. The molecule has 0 unspecified atom stereocenters. The maximum Gasteiger partial charge on any atom is 0.224 e. The fraction of sp³-hybridized carbons (Fsp3) is 0.588. The Hall–Kier alpha value is -1.37. The van der Waals surface area contributed by atoms with Gasteiger partial charge in [-0.3, -0.25) is 4.79 Å². The molecule has 1 aromatic rings. The van der Waals surface area contributed by atoms with Crippen molar-refractivity contribution in [3.8, 4) is 5.75 Å². The van der Waals surface area contributed by atoms with Crippen LogP contribution >= 0.6 is 12.4 Å². The van der Waals surface area contributed by atoms with Crippen LogP contribution in [0.15, 0.2) is 18.2 Å². The molecule has 0 aromatic heterocycles. The molecule has 5 nitrogen and oxygen atoms in total. The lowest BCUT2D eigenvalue weighted by Gasteiger charge is -2.22. The summed E-state index contributed by atoms with van der Waals surface area (Å²) in [6.07, 6.45) is 3.59. The third kappa shape index (κ3) is 7.03. The van der Waals surface area contributed by atoms with Crippen LogP contribution in [-0.2, 0) is 9.53 Å². The second-order valence-corrected chi connectivity index (χ2v) is 5.77. The molecule has 1 fully saturated rings. The summed E-state index contributed by atoms with van der Waals surface area (Å²) >= 11 is 0. The first-order valence-corrected chi connectivity index (χ1v) is 8.11. The molecule has 2 N–H and O–H groups in total. The van der Waals surface area contributed by atoms with Crippen LogP contribution in [-0.4, -0.2) is 39.3 Å². The van der Waals surface area contributed by atoms with E-state index in [4.69, 9.17) is 9.47 Å². The number of amides is 1. The topological polar surface area (TPSA) is 59.6 Å². The minimum absolute atomic E-state index is 0. The molecule has 1 amide bonds. The maximum atomic E-state index is 13.9. The Bertz CT molecular complexity index is 511. The van der Waals surface area contributed by atoms with Gasteiger partial charge in [-0.1, -0.05) is 0 Å². The number of halogens is 2. The van der Waals surface area contributed by atoms with Gasteiger partial charge in [0.1, 0.15) is 6.61 Å². The first kappa shape index (κ1) is 20.7. The van der Waals surface area contributed by atoms with Crippen molar-refractivity contribution in [1.82, 2.24) is 5.32 Å². The lowest BCUT2D eigenvalue weighted by atomic mass is 9.93. The van der Waals surface area contributed by atoms with Crippen LogP contribution in [0.4, 0.5) is 10.1 Å². The minimum atomic E-state index is -0.489. The molecule has 0 aliphatic carbocycles. The molecule has 1 saturated heterocycles. The predicted octanol–water partition coefficient (Wildman–Crippen LogP) is 2.99. The number of anilines is 1. The molecule has 7 heteroatoms. The largest absolute Gasteiger partial charge is 0.488 e. The molecular formula is C17H26ClFN2O3. The highest BCUT2D eigenvalue weighted by atomic mass is 35.5. The lowest BCUT2D eigenvalue weighted by molar-refractivity contribution is -0.116. The third-order valence-corrected chi connectivity index (χ3v) is 4.00. The Balaban J connectivity index is 0.00000288. The monoisotopic (exact) mass is 360 g/mol. The summed E-state index contributed by atoms with van der Waals surface area (Å²) < 4.78 is 24.0. The van der Waals surface area contributed by atoms with Gasteiger partial charge in [0.15, 0.2) is 11.6 Å². The number of hydrogen-bond donors (Lipinski definition) is 2. The van der Waals surface area contributed by atoms with E-state index in [1.54, 1.807) is 13.2 Å². The van der Waals surface area contributed by atoms with Crippen LogP contribution in [0.3, 0.4) is 0 Å². The first-order chi connectivity index (χ1) is 11.2. The fourth-order valence-electron chi connectivity index (χ4n) is 2.66. The number of benzene rings is 1. The first-order valence-electron chi connectivity index (χ1n) is 8.11.